The van der Waals surface area contributed by atoms with Crippen LogP contribution >= 0.6 is 11.8 Å². The molecule has 0 spiro atoms. The van der Waals surface area contributed by atoms with Crippen molar-refractivity contribution < 1.29 is 9.21 Å². The Balaban J connectivity index is 1.36. The zero-order chi connectivity index (χ0) is 22.8. The summed E-state index contributed by atoms with van der Waals surface area (Å²) in [5.74, 6) is 0.722. The largest absolute Gasteiger partial charge is 0.467 e. The third kappa shape index (κ3) is 4.45. The Labute approximate surface area is 195 Å². The summed E-state index contributed by atoms with van der Waals surface area (Å²) < 4.78 is 7.27. The number of benzene rings is 2. The molecule has 1 amide bonds. The number of hydrogen-bond donors (Lipinski definition) is 0. The molecule has 3 heterocycles. The second kappa shape index (κ2) is 9.03. The number of thioether (sulfide) groups is 1. The Hall–Kier alpha value is -3.72. The van der Waals surface area contributed by atoms with E-state index in [1.165, 1.54) is 22.3 Å². The van der Waals surface area contributed by atoms with E-state index in [0.717, 1.165) is 22.5 Å². The van der Waals surface area contributed by atoms with Crippen LogP contribution in [0.25, 0.3) is 5.69 Å². The predicted octanol–water partition coefficient (Wildman–Crippen LogP) is 4.34. The van der Waals surface area contributed by atoms with E-state index in [1.807, 2.05) is 74.5 Å². The second-order valence-corrected chi connectivity index (χ2v) is 8.83. The van der Waals surface area contributed by atoms with E-state index in [1.54, 1.807) is 10.9 Å². The van der Waals surface area contributed by atoms with Crippen molar-refractivity contribution in [2.45, 2.75) is 31.5 Å². The molecule has 0 saturated carbocycles. The fourth-order valence-corrected chi connectivity index (χ4v) is 4.49. The average molecular weight is 459 g/mol. The molecule has 166 valence electrons. The number of amides is 1. The summed E-state index contributed by atoms with van der Waals surface area (Å²) in [4.78, 5) is 13.3. The van der Waals surface area contributed by atoms with Gasteiger partial charge in [-0.15, -0.1) is 5.10 Å². The van der Waals surface area contributed by atoms with Gasteiger partial charge in [-0.05, 0) is 59.7 Å². The molecule has 2 aromatic carbocycles. The van der Waals surface area contributed by atoms with Crippen molar-refractivity contribution in [3.63, 3.8) is 0 Å². The highest BCUT2D eigenvalue weighted by molar-refractivity contribution is 7.99. The van der Waals surface area contributed by atoms with Crippen molar-refractivity contribution in [3.8, 4) is 5.69 Å². The van der Waals surface area contributed by atoms with Crippen molar-refractivity contribution in [2.24, 2.45) is 5.10 Å². The Kier molecular flexibility index (Phi) is 5.78. The predicted molar refractivity (Wildman–Crippen MR) is 125 cm³/mol. The fourth-order valence-electron chi connectivity index (χ4n) is 3.75. The van der Waals surface area contributed by atoms with Gasteiger partial charge in [0.05, 0.1) is 23.4 Å². The van der Waals surface area contributed by atoms with E-state index < -0.39 is 0 Å². The first-order valence-electron chi connectivity index (χ1n) is 10.6. The Morgan fingerprint density at radius 1 is 1.09 bits per heavy atom. The lowest BCUT2D eigenvalue weighted by molar-refractivity contribution is -0.130. The molecule has 1 unspecified atom stereocenters. The number of aryl methyl sites for hydroxylation is 2. The lowest BCUT2D eigenvalue weighted by atomic mass is 10.0. The van der Waals surface area contributed by atoms with Gasteiger partial charge >= 0.3 is 0 Å². The summed E-state index contributed by atoms with van der Waals surface area (Å²) >= 11 is 1.28. The van der Waals surface area contributed by atoms with Crippen LogP contribution in [0, 0.1) is 13.8 Å². The molecule has 0 saturated heterocycles. The number of hydrogen-bond acceptors (Lipinski definition) is 7. The van der Waals surface area contributed by atoms with Gasteiger partial charge in [0.25, 0.3) is 5.91 Å². The van der Waals surface area contributed by atoms with Gasteiger partial charge in [0.15, 0.2) is 0 Å². The molecular weight excluding hydrogens is 436 g/mol. The minimum Gasteiger partial charge on any atom is -0.467 e. The van der Waals surface area contributed by atoms with E-state index >= 15 is 0 Å². The quantitative estimate of drug-likeness (QED) is 0.399. The van der Waals surface area contributed by atoms with Gasteiger partial charge in [-0.2, -0.15) is 9.78 Å². The molecule has 9 heteroatoms. The van der Waals surface area contributed by atoms with Gasteiger partial charge in [0.1, 0.15) is 11.8 Å². The van der Waals surface area contributed by atoms with Gasteiger partial charge in [-0.25, -0.2) is 5.01 Å². The van der Waals surface area contributed by atoms with Crippen molar-refractivity contribution in [1.82, 2.24) is 25.2 Å². The molecule has 5 rings (SSSR count). The molecule has 4 aromatic rings. The number of furan rings is 1. The van der Waals surface area contributed by atoms with Crippen LogP contribution in [0.1, 0.15) is 34.9 Å². The van der Waals surface area contributed by atoms with Crippen LogP contribution in [-0.2, 0) is 4.79 Å². The highest BCUT2D eigenvalue weighted by Gasteiger charge is 2.35. The van der Waals surface area contributed by atoms with Gasteiger partial charge in [-0.1, -0.05) is 53.7 Å². The average Bonchev–Trinajstić information content (AvgIpc) is 3.58. The van der Waals surface area contributed by atoms with E-state index in [9.17, 15) is 4.79 Å². The van der Waals surface area contributed by atoms with Crippen LogP contribution < -0.4 is 0 Å². The number of nitrogens with zero attached hydrogens (tertiary/aromatic N) is 6. The second-order valence-electron chi connectivity index (χ2n) is 7.89. The lowest BCUT2D eigenvalue weighted by Gasteiger charge is -2.19. The van der Waals surface area contributed by atoms with Crippen molar-refractivity contribution in [2.75, 3.05) is 5.75 Å². The molecule has 33 heavy (non-hydrogen) atoms. The first kappa shape index (κ1) is 21.1. The molecule has 0 aliphatic carbocycles. The van der Waals surface area contributed by atoms with Crippen LogP contribution in [0.4, 0.5) is 0 Å². The minimum absolute atomic E-state index is 0.137. The lowest BCUT2D eigenvalue weighted by Crippen LogP contribution is -2.28. The fraction of sp³-hybridized carbons (Fsp3) is 0.208. The molecule has 1 aliphatic rings. The van der Waals surface area contributed by atoms with Gasteiger partial charge in [0.2, 0.25) is 5.16 Å². The Morgan fingerprint density at radius 2 is 1.94 bits per heavy atom. The monoisotopic (exact) mass is 458 g/mol. The van der Waals surface area contributed by atoms with Crippen molar-refractivity contribution in [3.05, 3.63) is 89.4 Å². The maximum absolute atomic E-state index is 13.3. The van der Waals surface area contributed by atoms with Crippen LogP contribution in [0.15, 0.2) is 81.6 Å². The topological polar surface area (TPSA) is 89.4 Å². The summed E-state index contributed by atoms with van der Waals surface area (Å²) in [5.41, 5.74) is 4.99. The highest BCUT2D eigenvalue weighted by Crippen LogP contribution is 2.34. The SMILES string of the molecule is Cc1ccc(C2=NN(C(=O)CSc3nnnn3-c3cccc(C)c3)C(c3ccco3)C2)cc1. The Morgan fingerprint density at radius 3 is 2.70 bits per heavy atom. The van der Waals surface area contributed by atoms with Crippen LogP contribution in [0.2, 0.25) is 0 Å². The van der Waals surface area contributed by atoms with Crippen LogP contribution in [0.3, 0.4) is 0 Å². The van der Waals surface area contributed by atoms with Crippen molar-refractivity contribution >= 4 is 23.4 Å². The molecule has 0 fully saturated rings. The van der Waals surface area contributed by atoms with Crippen molar-refractivity contribution in [1.29, 1.82) is 0 Å². The summed E-state index contributed by atoms with van der Waals surface area (Å²) in [6, 6.07) is 19.5. The molecule has 0 N–H and O–H groups in total. The van der Waals surface area contributed by atoms with Crippen LogP contribution in [-0.4, -0.2) is 42.6 Å². The number of carbonyl (C=O) groups excluding carboxylic acids is 1. The molecule has 2 aromatic heterocycles. The first-order valence-corrected chi connectivity index (χ1v) is 11.6. The smallest absolute Gasteiger partial charge is 0.253 e. The molecule has 1 atom stereocenters. The van der Waals surface area contributed by atoms with E-state index in [2.05, 4.69) is 20.6 Å². The van der Waals surface area contributed by atoms with Gasteiger partial charge < -0.3 is 4.42 Å². The minimum atomic E-state index is -0.280. The van der Waals surface area contributed by atoms with E-state index in [-0.39, 0.29) is 17.7 Å². The number of aromatic nitrogens is 4. The Bertz CT molecular complexity index is 1300. The number of tetrazole rings is 1. The molecule has 0 radical (unpaired) electrons. The maximum Gasteiger partial charge on any atom is 0.253 e. The number of rotatable bonds is 6. The normalized spacial score (nSPS) is 15.6. The van der Waals surface area contributed by atoms with Gasteiger partial charge in [-0.3, -0.25) is 4.79 Å². The summed E-state index contributed by atoms with van der Waals surface area (Å²) in [6.07, 6.45) is 2.21. The molecular formula is C24H22N6O2S. The summed E-state index contributed by atoms with van der Waals surface area (Å²) in [7, 11) is 0. The van der Waals surface area contributed by atoms with Gasteiger partial charge in [0, 0.05) is 6.42 Å². The van der Waals surface area contributed by atoms with Crippen LogP contribution in [0.5, 0.6) is 0 Å². The third-order valence-corrected chi connectivity index (χ3v) is 6.34. The standard InChI is InChI=1S/C24H22N6O2S/c1-16-8-10-18(11-9-16)20-14-21(22-7-4-12-32-22)30(26-20)23(31)15-33-24-25-27-28-29(24)19-6-3-5-17(2)13-19/h3-13,21H,14-15H2,1-2H3. The number of hydrazone groups is 1. The maximum atomic E-state index is 13.3. The zero-order valence-electron chi connectivity index (χ0n) is 18.3. The number of carbonyl (C=O) groups is 1. The first-order chi connectivity index (χ1) is 16.1. The summed E-state index contributed by atoms with van der Waals surface area (Å²) in [5, 5.41) is 18.7. The summed E-state index contributed by atoms with van der Waals surface area (Å²) in [6.45, 7) is 4.05. The molecule has 8 nitrogen and oxygen atoms in total. The third-order valence-electron chi connectivity index (χ3n) is 5.43. The zero-order valence-corrected chi connectivity index (χ0v) is 19.1. The highest BCUT2D eigenvalue weighted by atomic mass is 32.2. The molecule has 1 aliphatic heterocycles. The molecule has 0 bridgehead atoms. The van der Waals surface area contributed by atoms with E-state index in [0.29, 0.717) is 17.3 Å². The van der Waals surface area contributed by atoms with E-state index in [4.69, 9.17) is 4.42 Å².